The number of benzene rings is 3. The fourth-order valence-electron chi connectivity index (χ4n) is 7.08. The lowest BCUT2D eigenvalue weighted by atomic mass is 9.73. The zero-order valence-corrected chi connectivity index (χ0v) is 25.4. The summed E-state index contributed by atoms with van der Waals surface area (Å²) in [6, 6.07) is 24.3. The topological polar surface area (TPSA) is 88.1 Å². The second-order valence-corrected chi connectivity index (χ2v) is 13.5. The molecule has 3 aromatic carbocycles. The minimum absolute atomic E-state index is 0.0764. The van der Waals surface area contributed by atoms with Crippen LogP contribution in [0.5, 0.6) is 5.88 Å². The van der Waals surface area contributed by atoms with Crippen LogP contribution in [0, 0.1) is 5.41 Å². The third-order valence-corrected chi connectivity index (χ3v) is 9.84. The minimum Gasteiger partial charge on any atom is -0.494 e. The lowest BCUT2D eigenvalue weighted by molar-refractivity contribution is -0.132. The number of H-pyrrole nitrogens is 1. The van der Waals surface area contributed by atoms with Gasteiger partial charge in [-0.2, -0.15) is 0 Å². The Kier molecular flexibility index (Phi) is 6.62. The molecule has 8 nitrogen and oxygen atoms in total. The van der Waals surface area contributed by atoms with Crippen LogP contribution in [-0.2, 0) is 4.79 Å². The first-order valence-electron chi connectivity index (χ1n) is 15.2. The van der Waals surface area contributed by atoms with Gasteiger partial charge in [0.15, 0.2) is 5.88 Å². The van der Waals surface area contributed by atoms with E-state index in [1.54, 1.807) is 11.3 Å². The molecule has 0 unspecified atom stereocenters. The Morgan fingerprint density at radius 2 is 1.84 bits per heavy atom. The number of carbonyl (C=O) groups is 1. The second kappa shape index (κ2) is 10.7. The number of carbonyl (C=O) groups excluding carboxylic acids is 1. The normalized spacial score (nSPS) is 18.3. The number of nitrogens with one attached hydrogen (secondary N) is 1. The number of aromatic hydroxyl groups is 1. The van der Waals surface area contributed by atoms with Crippen molar-refractivity contribution in [2.45, 2.75) is 18.9 Å². The Morgan fingerprint density at radius 1 is 1.07 bits per heavy atom. The van der Waals surface area contributed by atoms with Crippen molar-refractivity contribution in [1.29, 1.82) is 0 Å². The molecule has 1 aliphatic carbocycles. The van der Waals surface area contributed by atoms with Gasteiger partial charge in [-0.3, -0.25) is 14.7 Å². The van der Waals surface area contributed by atoms with E-state index in [0.717, 1.165) is 77.3 Å². The summed E-state index contributed by atoms with van der Waals surface area (Å²) in [6.45, 7) is 4.79. The van der Waals surface area contributed by atoms with Crippen molar-refractivity contribution in [1.82, 2.24) is 19.8 Å². The highest BCUT2D eigenvalue weighted by Gasteiger charge is 2.51. The van der Waals surface area contributed by atoms with E-state index in [2.05, 4.69) is 32.9 Å². The SMILES string of the molecule is CN1CC2(C1)CN(CC(=O)N(c1ccc(N=C(c3ccccc3)c3c(O)[nH]c4cc(-c5cncs5)ccc34)cc1)C1CC1)C2. The molecule has 44 heavy (non-hydrogen) atoms. The molecular weight excluding hydrogens is 568 g/mol. The van der Waals surface area contributed by atoms with Crippen LogP contribution >= 0.6 is 11.3 Å². The number of hydrogen-bond acceptors (Lipinski definition) is 7. The van der Waals surface area contributed by atoms with Crippen LogP contribution in [0.1, 0.15) is 24.0 Å². The van der Waals surface area contributed by atoms with Gasteiger partial charge in [0.1, 0.15) is 0 Å². The number of likely N-dealkylation sites (tertiary alicyclic amines) is 2. The summed E-state index contributed by atoms with van der Waals surface area (Å²) in [4.78, 5) is 33.6. The molecule has 0 radical (unpaired) electrons. The maximum Gasteiger partial charge on any atom is 0.241 e. The third-order valence-electron chi connectivity index (χ3n) is 9.02. The lowest BCUT2D eigenvalue weighted by Gasteiger charge is -2.59. The van der Waals surface area contributed by atoms with Crippen molar-refractivity contribution >= 4 is 45.2 Å². The van der Waals surface area contributed by atoms with Crippen LogP contribution in [0.2, 0.25) is 0 Å². The lowest BCUT2D eigenvalue weighted by Crippen LogP contribution is -2.71. The monoisotopic (exact) mass is 602 g/mol. The Morgan fingerprint density at radius 3 is 2.52 bits per heavy atom. The Balaban J connectivity index is 1.09. The van der Waals surface area contributed by atoms with Gasteiger partial charge in [-0.05, 0) is 55.8 Å². The predicted octanol–water partition coefficient (Wildman–Crippen LogP) is 5.91. The van der Waals surface area contributed by atoms with Gasteiger partial charge < -0.3 is 19.9 Å². The van der Waals surface area contributed by atoms with E-state index in [0.29, 0.717) is 23.2 Å². The van der Waals surface area contributed by atoms with Gasteiger partial charge >= 0.3 is 0 Å². The summed E-state index contributed by atoms with van der Waals surface area (Å²) in [5.41, 5.74) is 8.02. The largest absolute Gasteiger partial charge is 0.494 e. The summed E-state index contributed by atoms with van der Waals surface area (Å²) < 4.78 is 0. The van der Waals surface area contributed by atoms with Gasteiger partial charge in [-0.15, -0.1) is 11.3 Å². The molecule has 0 atom stereocenters. The number of aromatic nitrogens is 2. The van der Waals surface area contributed by atoms with Gasteiger partial charge in [0, 0.05) is 66.0 Å². The standard InChI is InChI=1S/C35H34N6O2S/c1-39-18-35(19-39)20-40(21-35)17-31(42)41(27-12-13-27)26-10-8-25(9-11-26)37-33(23-5-3-2-4-6-23)32-28-14-7-24(30-16-36-22-44-30)15-29(28)38-34(32)43/h2-11,14-16,22,27,38,43H,12-13,17-21H2,1H3. The summed E-state index contributed by atoms with van der Waals surface area (Å²) in [5.74, 6) is 0.255. The van der Waals surface area contributed by atoms with Gasteiger partial charge in [0.2, 0.25) is 5.91 Å². The molecule has 1 saturated carbocycles. The Hall–Kier alpha value is -4.31. The van der Waals surface area contributed by atoms with Crippen molar-refractivity contribution < 1.29 is 9.90 Å². The van der Waals surface area contributed by atoms with Crippen LogP contribution in [0.25, 0.3) is 21.3 Å². The number of nitrogens with zero attached hydrogens (tertiary/aromatic N) is 5. The summed E-state index contributed by atoms with van der Waals surface area (Å²) in [5, 5.41) is 12.1. The van der Waals surface area contributed by atoms with Crippen molar-refractivity contribution in [2.24, 2.45) is 10.4 Å². The average Bonchev–Trinajstić information content (AvgIpc) is 3.55. The number of aliphatic imine (C=N–C) groups is 1. The van der Waals surface area contributed by atoms with E-state index in [-0.39, 0.29) is 17.8 Å². The zero-order valence-electron chi connectivity index (χ0n) is 24.6. The van der Waals surface area contributed by atoms with Crippen LogP contribution in [0.15, 0.2) is 89.5 Å². The van der Waals surface area contributed by atoms with Gasteiger partial charge in [-0.1, -0.05) is 42.5 Å². The summed E-state index contributed by atoms with van der Waals surface area (Å²) >= 11 is 1.58. The molecule has 2 saturated heterocycles. The molecule has 1 amide bonds. The molecule has 4 heterocycles. The third kappa shape index (κ3) is 5.00. The molecular formula is C35H34N6O2S. The van der Waals surface area contributed by atoms with Gasteiger partial charge in [-0.25, -0.2) is 4.99 Å². The van der Waals surface area contributed by atoms with E-state index < -0.39 is 0 Å². The molecule has 1 spiro atoms. The average molecular weight is 603 g/mol. The molecule has 3 aliphatic rings. The molecule has 9 heteroatoms. The molecule has 8 rings (SSSR count). The second-order valence-electron chi connectivity index (χ2n) is 12.6. The molecule has 5 aromatic rings. The quantitative estimate of drug-likeness (QED) is 0.216. The number of amides is 1. The molecule has 3 fully saturated rings. The van der Waals surface area contributed by atoms with E-state index in [1.807, 2.05) is 83.3 Å². The highest BCUT2D eigenvalue weighted by molar-refractivity contribution is 7.13. The zero-order chi connectivity index (χ0) is 29.8. The predicted molar refractivity (Wildman–Crippen MR) is 176 cm³/mol. The van der Waals surface area contributed by atoms with Crippen LogP contribution in [0.3, 0.4) is 0 Å². The van der Waals surface area contributed by atoms with Gasteiger partial charge in [0.25, 0.3) is 0 Å². The minimum atomic E-state index is 0.0764. The first kappa shape index (κ1) is 27.3. The highest BCUT2D eigenvalue weighted by Crippen LogP contribution is 2.40. The number of anilines is 1. The van der Waals surface area contributed by atoms with Crippen LogP contribution < -0.4 is 4.90 Å². The molecule has 222 valence electrons. The van der Waals surface area contributed by atoms with Crippen molar-refractivity contribution in [3.05, 3.63) is 95.6 Å². The molecule has 2 aliphatic heterocycles. The van der Waals surface area contributed by atoms with Crippen molar-refractivity contribution in [3.8, 4) is 16.3 Å². The summed E-state index contributed by atoms with van der Waals surface area (Å²) in [6.07, 6.45) is 3.94. The van der Waals surface area contributed by atoms with E-state index >= 15 is 0 Å². The van der Waals surface area contributed by atoms with Crippen molar-refractivity contribution in [2.75, 3.05) is 44.7 Å². The van der Waals surface area contributed by atoms with Crippen LogP contribution in [0.4, 0.5) is 11.4 Å². The first-order chi connectivity index (χ1) is 21.4. The molecule has 2 N–H and O–H groups in total. The smallest absolute Gasteiger partial charge is 0.241 e. The van der Waals surface area contributed by atoms with Crippen LogP contribution in [-0.4, -0.2) is 82.3 Å². The number of aromatic amines is 1. The maximum atomic E-state index is 13.5. The molecule has 0 bridgehead atoms. The number of thiazole rings is 1. The Labute approximate surface area is 260 Å². The fourth-order valence-corrected chi connectivity index (χ4v) is 7.70. The number of hydrogen-bond donors (Lipinski definition) is 2. The number of rotatable bonds is 8. The Bertz CT molecular complexity index is 1850. The highest BCUT2D eigenvalue weighted by atomic mass is 32.1. The fraction of sp³-hybridized carbons (Fsp3) is 0.286. The summed E-state index contributed by atoms with van der Waals surface area (Å²) in [7, 11) is 2.16. The van der Waals surface area contributed by atoms with Gasteiger partial charge in [0.05, 0.1) is 33.9 Å². The molecule has 2 aromatic heterocycles. The maximum absolute atomic E-state index is 13.5. The van der Waals surface area contributed by atoms with E-state index in [4.69, 9.17) is 4.99 Å². The number of fused-ring (bicyclic) bond motifs is 1. The van der Waals surface area contributed by atoms with Crippen molar-refractivity contribution in [3.63, 3.8) is 0 Å². The van der Waals surface area contributed by atoms with E-state index in [1.165, 1.54) is 0 Å². The first-order valence-corrected chi connectivity index (χ1v) is 16.0. The van der Waals surface area contributed by atoms with E-state index in [9.17, 15) is 9.90 Å².